The lowest BCUT2D eigenvalue weighted by Gasteiger charge is -1.98. The van der Waals surface area contributed by atoms with E-state index in [1.165, 1.54) is 0 Å². The van der Waals surface area contributed by atoms with Crippen LogP contribution in [0.5, 0.6) is 0 Å². The van der Waals surface area contributed by atoms with E-state index in [4.69, 9.17) is 4.52 Å². The van der Waals surface area contributed by atoms with Crippen LogP contribution in [0.2, 0.25) is 0 Å². The van der Waals surface area contributed by atoms with Gasteiger partial charge in [-0.05, 0) is 41.0 Å². The molecule has 2 aromatic heterocycles. The first-order valence-corrected chi connectivity index (χ1v) is 6.29. The Morgan fingerprint density at radius 3 is 3.18 bits per heavy atom. The van der Waals surface area contributed by atoms with Gasteiger partial charge in [-0.2, -0.15) is 4.98 Å². The molecule has 1 N–H and O–H groups in total. The van der Waals surface area contributed by atoms with E-state index in [-0.39, 0.29) is 0 Å². The van der Waals surface area contributed by atoms with Crippen LogP contribution in [0.25, 0.3) is 11.5 Å². The SMILES string of the molecule is Brc1cccnc1-c1noc(C2CCNC2)n1. The van der Waals surface area contributed by atoms with Gasteiger partial charge in [0.1, 0.15) is 5.69 Å². The Bertz CT molecular complexity index is 522. The number of halogens is 1. The molecular formula is C11H11BrN4O. The van der Waals surface area contributed by atoms with Gasteiger partial charge in [-0.1, -0.05) is 5.16 Å². The monoisotopic (exact) mass is 294 g/mol. The third kappa shape index (κ3) is 2.10. The Morgan fingerprint density at radius 1 is 1.47 bits per heavy atom. The third-order valence-electron chi connectivity index (χ3n) is 2.82. The Hall–Kier alpha value is -1.27. The van der Waals surface area contributed by atoms with Crippen molar-refractivity contribution in [3.05, 3.63) is 28.7 Å². The van der Waals surface area contributed by atoms with Crippen LogP contribution in [-0.4, -0.2) is 28.2 Å². The van der Waals surface area contributed by atoms with E-state index >= 15 is 0 Å². The van der Waals surface area contributed by atoms with E-state index in [0.717, 1.165) is 24.0 Å². The highest BCUT2D eigenvalue weighted by Crippen LogP contribution is 2.26. The third-order valence-corrected chi connectivity index (χ3v) is 3.46. The first-order valence-electron chi connectivity index (χ1n) is 5.50. The minimum Gasteiger partial charge on any atom is -0.339 e. The summed E-state index contributed by atoms with van der Waals surface area (Å²) >= 11 is 3.43. The molecule has 1 atom stereocenters. The lowest BCUT2D eigenvalue weighted by molar-refractivity contribution is 0.359. The summed E-state index contributed by atoms with van der Waals surface area (Å²) in [5.41, 5.74) is 0.716. The standard InChI is InChI=1S/C11H11BrN4O/c12-8-2-1-4-14-9(8)10-15-11(17-16-10)7-3-5-13-6-7/h1-2,4,7,13H,3,5-6H2. The fourth-order valence-corrected chi connectivity index (χ4v) is 2.35. The zero-order valence-corrected chi connectivity index (χ0v) is 10.6. The molecule has 0 radical (unpaired) electrons. The molecule has 3 rings (SSSR count). The Morgan fingerprint density at radius 2 is 2.41 bits per heavy atom. The number of aromatic nitrogens is 3. The Labute approximate surface area is 107 Å². The van der Waals surface area contributed by atoms with Gasteiger partial charge in [0, 0.05) is 17.2 Å². The lowest BCUT2D eigenvalue weighted by Crippen LogP contribution is -2.08. The normalized spacial score (nSPS) is 19.7. The van der Waals surface area contributed by atoms with E-state index in [0.29, 0.717) is 23.3 Å². The maximum absolute atomic E-state index is 5.30. The molecule has 5 nitrogen and oxygen atoms in total. The molecule has 0 amide bonds. The summed E-state index contributed by atoms with van der Waals surface area (Å²) < 4.78 is 6.17. The van der Waals surface area contributed by atoms with Gasteiger partial charge in [0.05, 0.1) is 5.92 Å². The largest absolute Gasteiger partial charge is 0.339 e. The molecule has 1 fully saturated rings. The molecule has 2 aromatic rings. The summed E-state index contributed by atoms with van der Waals surface area (Å²) in [5.74, 6) is 1.57. The summed E-state index contributed by atoms with van der Waals surface area (Å²) in [7, 11) is 0. The van der Waals surface area contributed by atoms with Crippen LogP contribution in [0.3, 0.4) is 0 Å². The van der Waals surface area contributed by atoms with Gasteiger partial charge in [0.25, 0.3) is 0 Å². The van der Waals surface area contributed by atoms with E-state index in [1.54, 1.807) is 6.20 Å². The number of nitrogens with zero attached hydrogens (tertiary/aromatic N) is 3. The summed E-state index contributed by atoms with van der Waals surface area (Å²) in [6.45, 7) is 1.92. The van der Waals surface area contributed by atoms with E-state index < -0.39 is 0 Å². The van der Waals surface area contributed by atoms with Crippen molar-refractivity contribution in [1.82, 2.24) is 20.4 Å². The minimum atomic E-state index is 0.332. The zero-order chi connectivity index (χ0) is 11.7. The maximum Gasteiger partial charge on any atom is 0.231 e. The first-order chi connectivity index (χ1) is 8.34. The Kier molecular flexibility index (Phi) is 2.90. The van der Waals surface area contributed by atoms with Crippen molar-refractivity contribution in [2.24, 2.45) is 0 Å². The van der Waals surface area contributed by atoms with Gasteiger partial charge in [0.2, 0.25) is 11.7 Å². The maximum atomic E-state index is 5.30. The van der Waals surface area contributed by atoms with Crippen LogP contribution in [0, 0.1) is 0 Å². The number of hydrogen-bond acceptors (Lipinski definition) is 5. The van der Waals surface area contributed by atoms with E-state index in [1.807, 2.05) is 12.1 Å². The molecule has 0 aliphatic carbocycles. The highest BCUT2D eigenvalue weighted by Gasteiger charge is 2.23. The fourth-order valence-electron chi connectivity index (χ4n) is 1.91. The van der Waals surface area contributed by atoms with Crippen molar-refractivity contribution < 1.29 is 4.52 Å². The summed E-state index contributed by atoms with van der Waals surface area (Å²) in [4.78, 5) is 8.65. The van der Waals surface area contributed by atoms with Crippen molar-refractivity contribution >= 4 is 15.9 Å². The molecule has 1 saturated heterocycles. The van der Waals surface area contributed by atoms with Gasteiger partial charge in [-0.15, -0.1) is 0 Å². The van der Waals surface area contributed by atoms with Crippen molar-refractivity contribution in [3.63, 3.8) is 0 Å². The molecule has 1 aliphatic rings. The number of hydrogen-bond donors (Lipinski definition) is 1. The van der Waals surface area contributed by atoms with Crippen LogP contribution < -0.4 is 5.32 Å². The van der Waals surface area contributed by atoms with Crippen LogP contribution in [0.15, 0.2) is 27.3 Å². The predicted molar refractivity (Wildman–Crippen MR) is 65.5 cm³/mol. The van der Waals surface area contributed by atoms with E-state index in [9.17, 15) is 0 Å². The molecule has 1 unspecified atom stereocenters. The smallest absolute Gasteiger partial charge is 0.231 e. The Balaban J connectivity index is 1.92. The number of rotatable bonds is 2. The topological polar surface area (TPSA) is 63.8 Å². The van der Waals surface area contributed by atoms with Crippen molar-refractivity contribution in [2.75, 3.05) is 13.1 Å². The molecule has 6 heteroatoms. The summed E-state index contributed by atoms with van der Waals surface area (Å²) in [6, 6.07) is 3.77. The molecule has 0 saturated carbocycles. The summed E-state index contributed by atoms with van der Waals surface area (Å²) in [5, 5.41) is 7.26. The van der Waals surface area contributed by atoms with Gasteiger partial charge >= 0.3 is 0 Å². The zero-order valence-electron chi connectivity index (χ0n) is 9.06. The molecule has 3 heterocycles. The molecule has 0 bridgehead atoms. The minimum absolute atomic E-state index is 0.332. The van der Waals surface area contributed by atoms with Gasteiger partial charge in [0.15, 0.2) is 0 Å². The van der Waals surface area contributed by atoms with Crippen LogP contribution in [-0.2, 0) is 0 Å². The molecule has 1 aliphatic heterocycles. The highest BCUT2D eigenvalue weighted by atomic mass is 79.9. The molecule has 0 aromatic carbocycles. The van der Waals surface area contributed by atoms with Crippen molar-refractivity contribution in [1.29, 1.82) is 0 Å². The van der Waals surface area contributed by atoms with E-state index in [2.05, 4.69) is 36.4 Å². The van der Waals surface area contributed by atoms with Gasteiger partial charge < -0.3 is 9.84 Å². The molecule has 88 valence electrons. The highest BCUT2D eigenvalue weighted by molar-refractivity contribution is 9.10. The second-order valence-electron chi connectivity index (χ2n) is 3.98. The van der Waals surface area contributed by atoms with Crippen LogP contribution in [0.4, 0.5) is 0 Å². The van der Waals surface area contributed by atoms with Crippen molar-refractivity contribution in [3.8, 4) is 11.5 Å². The molecule has 0 spiro atoms. The average molecular weight is 295 g/mol. The quantitative estimate of drug-likeness (QED) is 0.917. The van der Waals surface area contributed by atoms with Crippen LogP contribution >= 0.6 is 15.9 Å². The second-order valence-corrected chi connectivity index (χ2v) is 4.83. The van der Waals surface area contributed by atoms with Crippen LogP contribution in [0.1, 0.15) is 18.2 Å². The van der Waals surface area contributed by atoms with Gasteiger partial charge in [-0.3, -0.25) is 4.98 Å². The fraction of sp³-hybridized carbons (Fsp3) is 0.364. The molecule has 17 heavy (non-hydrogen) atoms. The first kappa shape index (κ1) is 10.9. The number of nitrogens with one attached hydrogen (secondary N) is 1. The molecular weight excluding hydrogens is 284 g/mol. The average Bonchev–Trinajstić information content (AvgIpc) is 3.00. The van der Waals surface area contributed by atoms with Crippen molar-refractivity contribution in [2.45, 2.75) is 12.3 Å². The lowest BCUT2D eigenvalue weighted by atomic mass is 10.1. The second kappa shape index (κ2) is 4.54. The summed E-state index contributed by atoms with van der Waals surface area (Å²) in [6.07, 6.45) is 2.76. The number of pyridine rings is 1. The van der Waals surface area contributed by atoms with Gasteiger partial charge in [-0.25, -0.2) is 0 Å². The predicted octanol–water partition coefficient (Wildman–Crippen LogP) is 1.97.